The predicted octanol–water partition coefficient (Wildman–Crippen LogP) is 41.8. The van der Waals surface area contributed by atoms with Gasteiger partial charge in [0.1, 0.15) is 0 Å². The molecule has 1 fully saturated rings. The molecule has 142 heavy (non-hydrogen) atoms. The summed E-state index contributed by atoms with van der Waals surface area (Å²) in [6.45, 7) is 7.49. The molecule has 0 saturated carbocycles. The van der Waals surface area contributed by atoms with Crippen LogP contribution in [0.15, 0.2) is 339 Å². The minimum Gasteiger partial charge on any atom is -0.399 e. The fourth-order valence-corrected chi connectivity index (χ4v) is 494. The van der Waals surface area contributed by atoms with Gasteiger partial charge in [-0.15, -0.1) is 183 Å². The highest BCUT2D eigenvalue weighted by Gasteiger charge is 2.55. The van der Waals surface area contributed by atoms with Crippen molar-refractivity contribution in [3.63, 3.8) is 0 Å². The Morgan fingerprint density at radius 1 is 0.296 bits per heavy atom. The SMILES string of the molecule is CC1(C)OB(c2cccc(N3c4ccccc4S(=O)(=O)c4ccccc43)c2)OC1(C)C.O=c1c2cc(-c3cccc(N4c5ccccc5S(=O)(=O)c5ccccc54)c3)ccc2sc2ccc(-c3cccc(N4c5ccccc5S(=O)(=O)c5ccccc54)c3)cc12.O=c1c2cc(Br)ccc2sc2ccc(Br)cc12.PPP(P)P(P(P(P)P)P(P)P)P(P(P(P)P)P(P)P)P(P(P(P)P)P(P)P)P(P(P)P)P(P)P. The Balaban J connectivity index is 0.000000149. The monoisotopic (exact) mass is 2740 g/mol. The minimum absolute atomic E-state index is 0.000784. The van der Waals surface area contributed by atoms with E-state index in [0.717, 1.165) is 91.3 Å². The molecule has 19 rings (SSSR count). The number of hydrogen-bond donors (Lipinski definition) is 0. The van der Waals surface area contributed by atoms with E-state index in [2.05, 4.69) is 193 Å². The molecule has 1 saturated heterocycles. The molecule has 13 aromatic carbocycles. The molecule has 6 heterocycles. The number of halogens is 2. The second kappa shape index (κ2) is 51.5. The van der Waals surface area contributed by atoms with Gasteiger partial charge in [0.05, 0.1) is 74.7 Å². The molecule has 22 atom stereocenters. The van der Waals surface area contributed by atoms with Gasteiger partial charge in [0.15, 0.2) is 10.9 Å². The molecule has 0 spiro atoms. The third-order valence-corrected chi connectivity index (χ3v) is 267. The molecular formula is C86H97BBr2N3O10P35S5. The van der Waals surface area contributed by atoms with Gasteiger partial charge in [-0.2, -0.15) is 0 Å². The van der Waals surface area contributed by atoms with Crippen LogP contribution in [0.1, 0.15) is 27.7 Å². The summed E-state index contributed by atoms with van der Waals surface area (Å²) < 4.78 is 99.0. The number of hydrogen-bond acceptors (Lipinski definition) is 15. The van der Waals surface area contributed by atoms with E-state index in [1.54, 1.807) is 95.5 Å². The van der Waals surface area contributed by atoms with Crippen LogP contribution >= 0.6 is 335 Å². The Labute approximate surface area is 918 Å². The zero-order chi connectivity index (χ0) is 102. The molecule has 22 unspecified atom stereocenters. The van der Waals surface area contributed by atoms with Crippen molar-refractivity contribution in [2.75, 3.05) is 14.7 Å². The number of nitrogens with zero attached hydrogens (tertiary/aromatic N) is 3. The van der Waals surface area contributed by atoms with Crippen molar-refractivity contribution in [2.45, 2.75) is 68.3 Å². The topological polar surface area (TPSA) is 165 Å². The van der Waals surface area contributed by atoms with Gasteiger partial charge in [-0.25, -0.2) is 25.3 Å². The van der Waals surface area contributed by atoms with Crippen LogP contribution in [0.5, 0.6) is 0 Å². The molecule has 0 amide bonds. The molecular weight excluding hydrogens is 2650 g/mol. The van der Waals surface area contributed by atoms with E-state index < -0.39 is 47.8 Å². The predicted molar refractivity (Wildman–Crippen MR) is 734 cm³/mol. The fourth-order valence-electron chi connectivity index (χ4n) is 16.2. The first-order chi connectivity index (χ1) is 67.4. The smallest absolute Gasteiger partial charge is 0.399 e. The average molecular weight is 2750 g/mol. The summed E-state index contributed by atoms with van der Waals surface area (Å²) in [5, 5.41) is 2.77. The largest absolute Gasteiger partial charge is 0.494 e. The van der Waals surface area contributed by atoms with Gasteiger partial charge in [-0.05, 0) is 337 Å². The maximum Gasteiger partial charge on any atom is 0.494 e. The number of fused-ring (bicyclic) bond motifs is 10. The van der Waals surface area contributed by atoms with Gasteiger partial charge in [0.25, 0.3) is 0 Å². The van der Waals surface area contributed by atoms with E-state index in [1.165, 1.54) is 0 Å². The van der Waals surface area contributed by atoms with E-state index in [0.29, 0.717) is 54.7 Å². The summed E-state index contributed by atoms with van der Waals surface area (Å²) in [7, 11) is 49.7. The van der Waals surface area contributed by atoms with Gasteiger partial charge >= 0.3 is 7.12 Å². The summed E-state index contributed by atoms with van der Waals surface area (Å²) in [6.07, 6.45) is 0. The molecule has 0 bridgehead atoms. The summed E-state index contributed by atoms with van der Waals surface area (Å²) >= 11 is 10.0. The molecule has 13 nitrogen and oxygen atoms in total. The Kier molecular flexibility index (Phi) is 43.2. The highest BCUT2D eigenvalue weighted by molar-refractivity contribution is 9.46. The third kappa shape index (κ3) is 25.7. The zero-order valence-corrected chi connectivity index (χ0v) is 119. The number of benzene rings is 13. The van der Waals surface area contributed by atoms with Crippen LogP contribution in [0, 0.1) is 0 Å². The van der Waals surface area contributed by atoms with Gasteiger partial charge in [-0.3, -0.25) is 9.59 Å². The van der Waals surface area contributed by atoms with Gasteiger partial charge in [0, 0.05) is 66.4 Å². The Morgan fingerprint density at radius 2 is 0.542 bits per heavy atom. The van der Waals surface area contributed by atoms with Crippen LogP contribution < -0.4 is 31.0 Å². The average Bonchev–Trinajstić information content (AvgIpc) is 0.770. The van der Waals surface area contributed by atoms with E-state index in [-0.39, 0.29) is 142 Å². The summed E-state index contributed by atoms with van der Waals surface area (Å²) in [5.41, 5.74) is 9.56. The van der Waals surface area contributed by atoms with E-state index in [4.69, 9.17) is 9.31 Å². The molecule has 738 valence electrons. The van der Waals surface area contributed by atoms with Gasteiger partial charge < -0.3 is 24.0 Å². The summed E-state index contributed by atoms with van der Waals surface area (Å²) in [6, 6.07) is 89.8. The van der Waals surface area contributed by atoms with Crippen molar-refractivity contribution in [1.29, 1.82) is 0 Å². The molecule has 0 radical (unpaired) electrons. The number of sulfone groups is 3. The van der Waals surface area contributed by atoms with Gasteiger partial charge in [0.2, 0.25) is 29.5 Å². The zero-order valence-electron chi connectivity index (χ0n) is 75.6. The summed E-state index contributed by atoms with van der Waals surface area (Å²) in [4.78, 5) is 34.3. The van der Waals surface area contributed by atoms with Crippen molar-refractivity contribution in [3.8, 4) is 22.3 Å². The second-order valence-corrected chi connectivity index (χ2v) is 182. The third-order valence-electron chi connectivity index (χ3n) is 23.1. The first kappa shape index (κ1) is 119. The first-order valence-electron chi connectivity index (χ1n) is 42.0. The Morgan fingerprint density at radius 3 is 0.831 bits per heavy atom. The van der Waals surface area contributed by atoms with Crippen molar-refractivity contribution in [2.24, 2.45) is 0 Å². The lowest BCUT2D eigenvalue weighted by atomic mass is 9.79. The quantitative estimate of drug-likeness (QED) is 0.0358. The van der Waals surface area contributed by atoms with Crippen molar-refractivity contribution >= 4 is 469 Å². The Bertz CT molecular complexity index is 7330. The summed E-state index contributed by atoms with van der Waals surface area (Å²) in [5.74, 6) is 0. The highest BCUT2D eigenvalue weighted by atomic mass is 79.9. The second-order valence-electron chi connectivity index (χ2n) is 32.6. The Hall–Kier alpha value is 4.88. The number of para-hydroxylation sites is 6. The molecule has 4 aliphatic heterocycles. The lowest BCUT2D eigenvalue weighted by molar-refractivity contribution is 0.00578. The molecule has 56 heteroatoms. The maximum absolute atomic E-state index is 14.4. The van der Waals surface area contributed by atoms with Crippen LogP contribution in [0.2, 0.25) is 0 Å². The van der Waals surface area contributed by atoms with Crippen LogP contribution in [-0.2, 0) is 38.8 Å². The lowest BCUT2D eigenvalue weighted by Crippen LogP contribution is -2.41. The van der Waals surface area contributed by atoms with E-state index >= 15 is 0 Å². The lowest BCUT2D eigenvalue weighted by Gasteiger charge is -2.54. The standard InChI is InChI=1S/C49H30N2O5S3.C24H24BNO4S.C13H6Br2OS.H37P35/c52-49-37-29-33(31-11-9-13-35(27-31)50-39-15-1-5-19-45(39)58(53,54)46-20-6-2-16-40(46)50)23-25-43(37)57-44-26-24-34(30-38(44)49)32-12-10-14-36(28-32)51-41-17-3-7-21-47(41)59(55,56)48-22-8-4-18-42(48)51;1-23(2)24(3,4)30-25(29-23)17-10-9-11-18(16-17)26-19-12-5-7-14-21(19)31(27,28)22-15-8-6-13-20(22)26;14-7-1-3-11-9(5-7)13(16)10-6-8(15)2-4-12(10)17-11;1-19-28(18)33(29(20(2)3)21(4)5)35(32(26(14)15)27(16)17)34(30(22(6)7)23(8)9)31(24(10)11)25(12)13/h1-30H;5-16H,1-4H3;1-6H;19H,1-18H2. The van der Waals surface area contributed by atoms with Gasteiger partial charge in [-0.1, -0.05) is 161 Å². The van der Waals surface area contributed by atoms with Crippen LogP contribution in [0.4, 0.5) is 51.2 Å². The van der Waals surface area contributed by atoms with Crippen molar-refractivity contribution < 1.29 is 34.6 Å². The molecule has 2 aromatic heterocycles. The molecule has 15 aromatic rings. The van der Waals surface area contributed by atoms with E-state index in [9.17, 15) is 34.8 Å². The van der Waals surface area contributed by atoms with E-state index in [1.807, 2.05) is 261 Å². The molecule has 4 aliphatic rings. The molecule has 0 aliphatic carbocycles. The highest BCUT2D eigenvalue weighted by Crippen LogP contribution is 3.41. The van der Waals surface area contributed by atoms with Crippen molar-refractivity contribution in [3.05, 3.63) is 321 Å². The number of anilines is 9. The minimum atomic E-state index is -3.70. The van der Waals surface area contributed by atoms with Crippen LogP contribution in [0.25, 0.3) is 62.6 Å². The first-order valence-corrected chi connectivity index (χ1v) is 113. The van der Waals surface area contributed by atoms with Crippen LogP contribution in [0.3, 0.4) is 0 Å². The van der Waals surface area contributed by atoms with Crippen LogP contribution in [-0.4, -0.2) is 43.6 Å². The molecule has 0 N–H and O–H groups in total. The van der Waals surface area contributed by atoms with Crippen molar-refractivity contribution in [1.82, 2.24) is 0 Å². The normalized spacial score (nSPS) is 16.0. The fraction of sp³-hybridized carbons (Fsp3) is 0.0698. The number of rotatable bonds is 22. The maximum atomic E-state index is 14.4.